The number of methoxy groups -OCH3 is 3. The summed E-state index contributed by atoms with van der Waals surface area (Å²) in [6.45, 7) is 14.4. The van der Waals surface area contributed by atoms with Gasteiger partial charge in [-0.25, -0.2) is 0 Å². The molecule has 1 aliphatic rings. The second-order valence-electron chi connectivity index (χ2n) is 15.1. The number of rotatable bonds is 9. The summed E-state index contributed by atoms with van der Waals surface area (Å²) >= 11 is 0. The van der Waals surface area contributed by atoms with E-state index in [1.54, 1.807) is 21.3 Å². The molecular weight excluding hydrogens is 642 g/mol. The number of benzene rings is 3. The second-order valence-corrected chi connectivity index (χ2v) is 15.1. The first-order valence-electron chi connectivity index (χ1n) is 18.1. The van der Waals surface area contributed by atoms with Crippen molar-refractivity contribution in [2.45, 2.75) is 100 Å². The van der Waals surface area contributed by atoms with Crippen LogP contribution in [0.15, 0.2) is 54.6 Å². The smallest absolute Gasteiger partial charge is 0.223 e. The third kappa shape index (κ3) is 11.8. The molecule has 4 rings (SSSR count). The predicted molar refractivity (Wildman–Crippen MR) is 200 cm³/mol. The van der Waals surface area contributed by atoms with E-state index in [1.807, 2.05) is 92.6 Å². The molecule has 0 saturated carbocycles. The first kappa shape index (κ1) is 39.3. The quantitative estimate of drug-likeness (QED) is 0.227. The van der Waals surface area contributed by atoms with Crippen LogP contribution in [0.3, 0.4) is 0 Å². The van der Waals surface area contributed by atoms with E-state index in [-0.39, 0.29) is 35.5 Å². The molecule has 0 unspecified atom stereocenters. The van der Waals surface area contributed by atoms with Gasteiger partial charge in [-0.2, -0.15) is 0 Å². The zero-order valence-corrected chi connectivity index (χ0v) is 32.1. The van der Waals surface area contributed by atoms with Gasteiger partial charge in [-0.1, -0.05) is 59.7 Å². The van der Waals surface area contributed by atoms with Crippen molar-refractivity contribution in [3.63, 3.8) is 0 Å². The number of carbonyl (C=O) groups excluding carboxylic acids is 3. The molecule has 0 aromatic heterocycles. The van der Waals surface area contributed by atoms with Crippen LogP contribution in [0.2, 0.25) is 0 Å². The molecule has 0 fully saturated rings. The fourth-order valence-electron chi connectivity index (χ4n) is 6.54. The normalized spacial score (nSPS) is 14.0. The standard InChI is InChI=1S/C42H57N3O6/c1-28(2)10-40(46)43-22-31-13-33(18-37(16-31)49-7)24-44(41(47)11-29(3)4)26-35-15-36(21-39(20-35)51-9)27-45(42(48)12-30(5)6)25-34-14-32(23-43)17-38(19-34)50-8/h13-21,28-30H,10-12,22-27H2,1-9H3. The summed E-state index contributed by atoms with van der Waals surface area (Å²) in [4.78, 5) is 47.1. The van der Waals surface area contributed by atoms with E-state index in [1.165, 1.54) is 0 Å². The van der Waals surface area contributed by atoms with Gasteiger partial charge in [0, 0.05) is 58.5 Å². The highest BCUT2D eigenvalue weighted by Crippen LogP contribution is 2.28. The Morgan fingerprint density at radius 2 is 0.627 bits per heavy atom. The van der Waals surface area contributed by atoms with Gasteiger partial charge in [0.15, 0.2) is 0 Å². The minimum atomic E-state index is 0.0445. The molecule has 1 heterocycles. The molecule has 276 valence electrons. The van der Waals surface area contributed by atoms with Crippen LogP contribution in [-0.2, 0) is 53.7 Å². The number of ether oxygens (including phenoxy) is 3. The van der Waals surface area contributed by atoms with Gasteiger partial charge in [-0.15, -0.1) is 0 Å². The number of carbonyl (C=O) groups is 3. The van der Waals surface area contributed by atoms with Crippen molar-refractivity contribution in [1.29, 1.82) is 0 Å². The minimum absolute atomic E-state index is 0.0445. The zero-order chi connectivity index (χ0) is 37.2. The van der Waals surface area contributed by atoms with Crippen molar-refractivity contribution in [2.75, 3.05) is 21.3 Å². The number of fused-ring (bicyclic) bond motifs is 6. The first-order valence-corrected chi connectivity index (χ1v) is 18.1. The predicted octanol–water partition coefficient (Wildman–Crippen LogP) is 7.75. The van der Waals surface area contributed by atoms with Crippen molar-refractivity contribution < 1.29 is 28.6 Å². The Labute approximate surface area is 304 Å². The highest BCUT2D eigenvalue weighted by atomic mass is 16.5. The fourth-order valence-corrected chi connectivity index (χ4v) is 6.54. The van der Waals surface area contributed by atoms with Crippen molar-refractivity contribution in [3.05, 3.63) is 88.0 Å². The fraction of sp³-hybridized carbons (Fsp3) is 0.500. The van der Waals surface area contributed by atoms with Gasteiger partial charge in [0.05, 0.1) is 21.3 Å². The first-order chi connectivity index (χ1) is 24.2. The van der Waals surface area contributed by atoms with Crippen LogP contribution in [-0.4, -0.2) is 53.8 Å². The Morgan fingerprint density at radius 3 is 0.784 bits per heavy atom. The SMILES string of the molecule is COc1cc2cc(c1)CN(C(=O)CC(C)C)Cc1cc(cc(OC)c1)CN(C(=O)CC(C)C)Cc1cc(cc(OC)c1)CN(C(=O)CC(C)C)C2. The third-order valence-corrected chi connectivity index (χ3v) is 8.83. The van der Waals surface area contributed by atoms with Gasteiger partial charge in [0.25, 0.3) is 0 Å². The Kier molecular flexibility index (Phi) is 13.9. The maximum atomic E-state index is 13.8. The Morgan fingerprint density at radius 1 is 0.431 bits per heavy atom. The van der Waals surface area contributed by atoms with Crippen molar-refractivity contribution in [3.8, 4) is 17.2 Å². The minimum Gasteiger partial charge on any atom is -0.497 e. The number of hydrogen-bond acceptors (Lipinski definition) is 6. The summed E-state index contributed by atoms with van der Waals surface area (Å²) in [5, 5.41) is 0. The third-order valence-electron chi connectivity index (χ3n) is 8.83. The lowest BCUT2D eigenvalue weighted by molar-refractivity contribution is -0.134. The van der Waals surface area contributed by atoms with Crippen LogP contribution in [0.5, 0.6) is 17.2 Å². The van der Waals surface area contributed by atoms with E-state index in [2.05, 4.69) is 18.2 Å². The number of hydrogen-bond donors (Lipinski definition) is 0. The molecule has 3 aromatic carbocycles. The van der Waals surface area contributed by atoms with Crippen LogP contribution in [0.25, 0.3) is 0 Å². The summed E-state index contributed by atoms with van der Waals surface area (Å²) in [6.07, 6.45) is 1.22. The van der Waals surface area contributed by atoms with Crippen LogP contribution in [0.4, 0.5) is 0 Å². The van der Waals surface area contributed by atoms with E-state index in [0.29, 0.717) is 75.8 Å². The van der Waals surface area contributed by atoms with E-state index < -0.39 is 0 Å². The molecule has 51 heavy (non-hydrogen) atoms. The Bertz CT molecular complexity index is 1400. The molecule has 0 atom stereocenters. The van der Waals surface area contributed by atoms with Crippen LogP contribution in [0, 0.1) is 17.8 Å². The average molecular weight is 700 g/mol. The van der Waals surface area contributed by atoms with E-state index >= 15 is 0 Å². The summed E-state index contributed by atoms with van der Waals surface area (Å²) in [7, 11) is 4.90. The summed E-state index contributed by atoms with van der Waals surface area (Å²) in [6, 6.07) is 18.0. The van der Waals surface area contributed by atoms with Crippen LogP contribution < -0.4 is 14.2 Å². The highest BCUT2D eigenvalue weighted by Gasteiger charge is 2.23. The monoisotopic (exact) mass is 699 g/mol. The van der Waals surface area contributed by atoms with E-state index in [4.69, 9.17) is 14.2 Å². The highest BCUT2D eigenvalue weighted by molar-refractivity contribution is 5.78. The van der Waals surface area contributed by atoms with Crippen LogP contribution >= 0.6 is 0 Å². The van der Waals surface area contributed by atoms with E-state index in [9.17, 15) is 14.4 Å². The molecule has 9 heteroatoms. The number of nitrogens with zero attached hydrogens (tertiary/aromatic N) is 3. The second kappa shape index (κ2) is 18.1. The van der Waals surface area contributed by atoms with Gasteiger partial charge in [-0.05, 0) is 87.5 Å². The van der Waals surface area contributed by atoms with Gasteiger partial charge in [0.2, 0.25) is 17.7 Å². The molecule has 3 amide bonds. The Hall–Kier alpha value is -4.53. The number of amides is 3. The maximum Gasteiger partial charge on any atom is 0.223 e. The van der Waals surface area contributed by atoms with E-state index in [0.717, 1.165) is 33.4 Å². The molecule has 1 aliphatic heterocycles. The van der Waals surface area contributed by atoms with Gasteiger partial charge in [0.1, 0.15) is 17.2 Å². The van der Waals surface area contributed by atoms with Gasteiger partial charge in [-0.3, -0.25) is 14.4 Å². The van der Waals surface area contributed by atoms with Crippen LogP contribution in [0.1, 0.15) is 94.2 Å². The van der Waals surface area contributed by atoms with Gasteiger partial charge >= 0.3 is 0 Å². The molecule has 9 nitrogen and oxygen atoms in total. The summed E-state index contributed by atoms with van der Waals surface area (Å²) in [5.74, 6) is 2.69. The molecule has 0 N–H and O–H groups in total. The molecule has 0 radical (unpaired) electrons. The maximum absolute atomic E-state index is 13.8. The lowest BCUT2D eigenvalue weighted by Gasteiger charge is -2.28. The summed E-state index contributed by atoms with van der Waals surface area (Å²) in [5.41, 5.74) is 5.48. The topological polar surface area (TPSA) is 88.6 Å². The molecule has 6 bridgehead atoms. The zero-order valence-electron chi connectivity index (χ0n) is 32.1. The Balaban J connectivity index is 1.91. The molecule has 0 spiro atoms. The largest absolute Gasteiger partial charge is 0.497 e. The lowest BCUT2D eigenvalue weighted by atomic mass is 10.0. The molecule has 0 saturated heterocycles. The van der Waals surface area contributed by atoms with Gasteiger partial charge < -0.3 is 28.9 Å². The van der Waals surface area contributed by atoms with Crippen molar-refractivity contribution in [2.24, 2.45) is 17.8 Å². The van der Waals surface area contributed by atoms with Crippen molar-refractivity contribution in [1.82, 2.24) is 14.7 Å². The molecule has 3 aromatic rings. The van der Waals surface area contributed by atoms with Crippen molar-refractivity contribution >= 4 is 17.7 Å². The summed E-state index contributed by atoms with van der Waals surface area (Å²) < 4.78 is 17.2. The molecule has 0 aliphatic carbocycles. The lowest BCUT2D eigenvalue weighted by Crippen LogP contribution is -2.33. The molecular formula is C42H57N3O6. The average Bonchev–Trinajstić information content (AvgIpc) is 3.05.